The van der Waals surface area contributed by atoms with Crippen molar-refractivity contribution in [2.24, 2.45) is 0 Å². The van der Waals surface area contributed by atoms with Crippen LogP contribution in [0.25, 0.3) is 17.3 Å². The summed E-state index contributed by atoms with van der Waals surface area (Å²) in [6, 6.07) is 8.75. The van der Waals surface area contributed by atoms with Crippen molar-refractivity contribution in [1.29, 1.82) is 0 Å². The van der Waals surface area contributed by atoms with E-state index in [4.69, 9.17) is 4.52 Å². The van der Waals surface area contributed by atoms with E-state index in [0.29, 0.717) is 23.8 Å². The molecule has 0 saturated carbocycles. The van der Waals surface area contributed by atoms with Gasteiger partial charge in [0.25, 0.3) is 5.89 Å². The van der Waals surface area contributed by atoms with Crippen LogP contribution in [-0.4, -0.2) is 38.2 Å². The largest absolute Gasteiger partial charge is 0.332 e. The molecule has 0 amide bonds. The molecule has 1 N–H and O–H groups in total. The van der Waals surface area contributed by atoms with Gasteiger partial charge in [0.05, 0.1) is 11.4 Å². The van der Waals surface area contributed by atoms with Crippen LogP contribution in [0.1, 0.15) is 58.1 Å². The van der Waals surface area contributed by atoms with E-state index in [2.05, 4.69) is 84.7 Å². The molecule has 0 spiro atoms. The topological polar surface area (TPSA) is 81.7 Å². The number of benzene rings is 1. The quantitative estimate of drug-likeness (QED) is 0.671. The second kappa shape index (κ2) is 8.22. The third-order valence-corrected chi connectivity index (χ3v) is 4.88. The van der Waals surface area contributed by atoms with E-state index in [1.165, 1.54) is 5.56 Å². The molecular weight excluding hydrogens is 352 g/mol. The Morgan fingerprint density at radius 3 is 2.50 bits per heavy atom. The van der Waals surface area contributed by atoms with Crippen molar-refractivity contribution in [3.05, 3.63) is 41.3 Å². The van der Waals surface area contributed by atoms with E-state index >= 15 is 0 Å². The second-order valence-electron chi connectivity index (χ2n) is 8.25. The van der Waals surface area contributed by atoms with Crippen molar-refractivity contribution in [2.45, 2.75) is 65.3 Å². The summed E-state index contributed by atoms with van der Waals surface area (Å²) in [7, 11) is 1.92. The molecule has 3 rings (SSSR count). The molecule has 0 aliphatic rings. The van der Waals surface area contributed by atoms with Crippen LogP contribution in [0.4, 0.5) is 0 Å². The van der Waals surface area contributed by atoms with Crippen molar-refractivity contribution >= 4 is 0 Å². The van der Waals surface area contributed by atoms with Crippen LogP contribution in [0.15, 0.2) is 28.8 Å². The molecule has 28 heavy (non-hydrogen) atoms. The lowest BCUT2D eigenvalue weighted by molar-refractivity contribution is 0.416. The minimum Gasteiger partial charge on any atom is -0.332 e. The third kappa shape index (κ3) is 4.30. The van der Waals surface area contributed by atoms with Crippen molar-refractivity contribution in [2.75, 3.05) is 7.05 Å². The number of hydrogen-bond donors (Lipinski definition) is 1. The Labute approximate surface area is 166 Å². The molecule has 0 aliphatic carbocycles. The van der Waals surface area contributed by atoms with Crippen LogP contribution >= 0.6 is 0 Å². The number of nitrogens with zero attached hydrogens (tertiary/aromatic N) is 5. The Kier molecular flexibility index (Phi) is 5.93. The fourth-order valence-electron chi connectivity index (χ4n) is 3.05. The number of aromatic nitrogens is 5. The van der Waals surface area contributed by atoms with Crippen molar-refractivity contribution < 1.29 is 4.52 Å². The number of hydrogen-bond acceptors (Lipinski definition) is 6. The van der Waals surface area contributed by atoms with E-state index < -0.39 is 0 Å². The van der Waals surface area contributed by atoms with E-state index in [0.717, 1.165) is 24.2 Å². The van der Waals surface area contributed by atoms with Gasteiger partial charge in [-0.3, -0.25) is 0 Å². The lowest BCUT2D eigenvalue weighted by atomic mass is 9.87. The fraction of sp³-hybridized carbons (Fsp3) is 0.524. The first-order valence-corrected chi connectivity index (χ1v) is 9.89. The molecule has 1 atom stereocenters. The molecule has 150 valence electrons. The Morgan fingerprint density at radius 1 is 1.18 bits per heavy atom. The lowest BCUT2D eigenvalue weighted by Gasteiger charge is -2.19. The standard InChI is InChI=1S/C21H30N6O/c1-7-8-17-19(20-23-18(25-28-20)13-14(2)22-6)24-26-27(17)16-11-9-15(10-12-16)21(3,4)5/h9-12,14,22H,7-8,13H2,1-6H3. The highest BCUT2D eigenvalue weighted by Gasteiger charge is 2.21. The summed E-state index contributed by atoms with van der Waals surface area (Å²) in [4.78, 5) is 4.53. The van der Waals surface area contributed by atoms with Gasteiger partial charge in [-0.2, -0.15) is 4.98 Å². The van der Waals surface area contributed by atoms with Gasteiger partial charge in [-0.25, -0.2) is 4.68 Å². The van der Waals surface area contributed by atoms with E-state index in [1.54, 1.807) is 0 Å². The molecule has 7 nitrogen and oxygen atoms in total. The van der Waals surface area contributed by atoms with E-state index in [-0.39, 0.29) is 11.5 Å². The summed E-state index contributed by atoms with van der Waals surface area (Å²) in [6.07, 6.45) is 2.50. The molecule has 7 heteroatoms. The lowest BCUT2D eigenvalue weighted by Crippen LogP contribution is -2.24. The van der Waals surface area contributed by atoms with E-state index in [1.807, 2.05) is 11.7 Å². The smallest absolute Gasteiger partial charge is 0.280 e. The minimum atomic E-state index is 0.114. The predicted octanol–water partition coefficient (Wildman–Crippen LogP) is 3.72. The van der Waals surface area contributed by atoms with Crippen LogP contribution in [0, 0.1) is 0 Å². The zero-order chi connectivity index (χ0) is 20.3. The molecule has 3 aromatic rings. The van der Waals surface area contributed by atoms with Crippen LogP contribution in [-0.2, 0) is 18.3 Å². The molecule has 0 radical (unpaired) electrons. The van der Waals surface area contributed by atoms with Gasteiger partial charge in [0.2, 0.25) is 0 Å². The number of likely N-dealkylation sites (N-methyl/N-ethyl adjacent to an activating group) is 1. The summed E-state index contributed by atoms with van der Waals surface area (Å²) >= 11 is 0. The van der Waals surface area contributed by atoms with Gasteiger partial charge in [-0.1, -0.05) is 56.6 Å². The monoisotopic (exact) mass is 382 g/mol. The van der Waals surface area contributed by atoms with Crippen molar-refractivity contribution in [3.8, 4) is 17.3 Å². The molecule has 1 unspecified atom stereocenters. The highest BCUT2D eigenvalue weighted by Crippen LogP contribution is 2.26. The zero-order valence-electron chi connectivity index (χ0n) is 17.7. The van der Waals surface area contributed by atoms with Gasteiger partial charge in [0.15, 0.2) is 11.5 Å². The number of rotatable bonds is 7. The molecule has 2 heterocycles. The minimum absolute atomic E-state index is 0.114. The van der Waals surface area contributed by atoms with Crippen LogP contribution < -0.4 is 5.32 Å². The first kappa shape index (κ1) is 20.2. The molecule has 0 saturated heterocycles. The van der Waals surface area contributed by atoms with Crippen LogP contribution in [0.5, 0.6) is 0 Å². The van der Waals surface area contributed by atoms with Crippen molar-refractivity contribution in [1.82, 2.24) is 30.5 Å². The van der Waals surface area contributed by atoms with Crippen molar-refractivity contribution in [3.63, 3.8) is 0 Å². The van der Waals surface area contributed by atoms with Gasteiger partial charge in [-0.05, 0) is 43.5 Å². The Balaban J connectivity index is 1.94. The molecular formula is C21H30N6O. The summed E-state index contributed by atoms with van der Waals surface area (Å²) in [5.74, 6) is 1.10. The van der Waals surface area contributed by atoms with Crippen LogP contribution in [0.2, 0.25) is 0 Å². The Morgan fingerprint density at radius 2 is 1.89 bits per heavy atom. The third-order valence-electron chi connectivity index (χ3n) is 4.88. The zero-order valence-corrected chi connectivity index (χ0v) is 17.7. The molecule has 0 bridgehead atoms. The van der Waals surface area contributed by atoms with Gasteiger partial charge in [0, 0.05) is 12.5 Å². The summed E-state index contributed by atoms with van der Waals surface area (Å²) < 4.78 is 7.37. The fourth-order valence-corrected chi connectivity index (χ4v) is 3.05. The predicted molar refractivity (Wildman–Crippen MR) is 110 cm³/mol. The van der Waals surface area contributed by atoms with Gasteiger partial charge in [-0.15, -0.1) is 5.10 Å². The highest BCUT2D eigenvalue weighted by molar-refractivity contribution is 5.52. The summed E-state index contributed by atoms with van der Waals surface area (Å²) in [5.41, 5.74) is 4.04. The Bertz CT molecular complexity index is 904. The van der Waals surface area contributed by atoms with Crippen LogP contribution in [0.3, 0.4) is 0 Å². The first-order chi connectivity index (χ1) is 13.3. The maximum Gasteiger partial charge on any atom is 0.280 e. The summed E-state index contributed by atoms with van der Waals surface area (Å²) in [5, 5.41) is 16.0. The second-order valence-corrected chi connectivity index (χ2v) is 8.25. The first-order valence-electron chi connectivity index (χ1n) is 9.89. The summed E-state index contributed by atoms with van der Waals surface area (Å²) in [6.45, 7) is 10.8. The highest BCUT2D eigenvalue weighted by atomic mass is 16.5. The number of nitrogens with one attached hydrogen (secondary N) is 1. The average molecular weight is 383 g/mol. The van der Waals surface area contributed by atoms with Gasteiger partial charge < -0.3 is 9.84 Å². The van der Waals surface area contributed by atoms with Gasteiger partial charge in [0.1, 0.15) is 0 Å². The van der Waals surface area contributed by atoms with Gasteiger partial charge >= 0.3 is 0 Å². The molecule has 2 aromatic heterocycles. The van der Waals surface area contributed by atoms with E-state index in [9.17, 15) is 0 Å². The average Bonchev–Trinajstić information content (AvgIpc) is 3.28. The Hall–Kier alpha value is -2.54. The normalized spacial score (nSPS) is 13.1. The maximum absolute atomic E-state index is 5.49. The molecule has 0 fully saturated rings. The maximum atomic E-state index is 5.49. The molecule has 1 aromatic carbocycles. The molecule has 0 aliphatic heterocycles. The SMILES string of the molecule is CCCc1c(-c2nc(CC(C)NC)no2)nnn1-c1ccc(C(C)(C)C)cc1.